The summed E-state index contributed by atoms with van der Waals surface area (Å²) in [5.74, 6) is 0.0228. The van der Waals surface area contributed by atoms with E-state index in [9.17, 15) is 4.79 Å². The van der Waals surface area contributed by atoms with Gasteiger partial charge in [0.1, 0.15) is 5.41 Å². The van der Waals surface area contributed by atoms with E-state index in [4.69, 9.17) is 14.5 Å². The fourth-order valence-corrected chi connectivity index (χ4v) is 4.69. The average Bonchev–Trinajstić information content (AvgIpc) is 3.29. The minimum absolute atomic E-state index is 0.142. The summed E-state index contributed by atoms with van der Waals surface area (Å²) in [6.45, 7) is 8.42. The van der Waals surface area contributed by atoms with Crippen molar-refractivity contribution in [1.82, 2.24) is 0 Å². The van der Waals surface area contributed by atoms with Crippen LogP contribution in [0.15, 0.2) is 0 Å². The monoisotopic (exact) mass is 326 g/mol. The Hall–Kier alpha value is -0.610. The quantitative estimate of drug-likeness (QED) is 0.339. The van der Waals surface area contributed by atoms with E-state index in [0.717, 1.165) is 25.2 Å². The third-order valence-corrected chi connectivity index (χ3v) is 6.02. The van der Waals surface area contributed by atoms with E-state index >= 15 is 0 Å². The lowest BCUT2D eigenvalue weighted by Gasteiger charge is -2.40. The summed E-state index contributed by atoms with van der Waals surface area (Å²) in [6.07, 6.45) is 10.5. The van der Waals surface area contributed by atoms with Crippen LogP contribution >= 0.6 is 0 Å². The van der Waals surface area contributed by atoms with Crippen molar-refractivity contribution in [2.45, 2.75) is 91.3 Å². The zero-order valence-corrected chi connectivity index (χ0v) is 15.4. The van der Waals surface area contributed by atoms with Gasteiger partial charge in [-0.1, -0.05) is 52.4 Å². The SMILES string of the molecule is CCCC(CC1CCCCC1)C(CC)(C(=O)OCC)C1(C)OO1. The van der Waals surface area contributed by atoms with Gasteiger partial charge >= 0.3 is 5.97 Å². The van der Waals surface area contributed by atoms with Crippen LogP contribution in [0.25, 0.3) is 0 Å². The van der Waals surface area contributed by atoms with E-state index in [0.29, 0.717) is 13.0 Å². The Morgan fingerprint density at radius 1 is 1.22 bits per heavy atom. The molecule has 1 aliphatic carbocycles. The van der Waals surface area contributed by atoms with Crippen LogP contribution in [-0.2, 0) is 19.3 Å². The zero-order valence-electron chi connectivity index (χ0n) is 15.4. The summed E-state index contributed by atoms with van der Waals surface area (Å²) >= 11 is 0. The topological polar surface area (TPSA) is 51.4 Å². The first kappa shape index (κ1) is 18.7. The van der Waals surface area contributed by atoms with Crippen molar-refractivity contribution in [2.24, 2.45) is 17.3 Å². The predicted molar refractivity (Wildman–Crippen MR) is 89.5 cm³/mol. The van der Waals surface area contributed by atoms with E-state index in [2.05, 4.69) is 13.8 Å². The number of carbonyl (C=O) groups is 1. The van der Waals surface area contributed by atoms with Crippen LogP contribution < -0.4 is 0 Å². The Kier molecular flexibility index (Phi) is 6.49. The summed E-state index contributed by atoms with van der Waals surface area (Å²) in [6, 6.07) is 0. The third-order valence-electron chi connectivity index (χ3n) is 6.02. The first-order chi connectivity index (χ1) is 11.0. The second kappa shape index (κ2) is 7.98. The zero-order chi connectivity index (χ0) is 16.9. The Bertz CT molecular complexity index is 385. The molecular weight excluding hydrogens is 292 g/mol. The maximum Gasteiger partial charge on any atom is 0.318 e. The highest BCUT2D eigenvalue weighted by Crippen LogP contribution is 2.56. The van der Waals surface area contributed by atoms with Crippen molar-refractivity contribution in [1.29, 1.82) is 0 Å². The molecule has 0 aromatic rings. The van der Waals surface area contributed by atoms with Crippen LogP contribution in [-0.4, -0.2) is 18.4 Å². The predicted octanol–water partition coefficient (Wildman–Crippen LogP) is 5.01. The first-order valence-electron chi connectivity index (χ1n) is 9.58. The van der Waals surface area contributed by atoms with Gasteiger partial charge in [-0.25, -0.2) is 0 Å². The van der Waals surface area contributed by atoms with Crippen LogP contribution in [0.4, 0.5) is 0 Å². The molecule has 0 bridgehead atoms. The van der Waals surface area contributed by atoms with Crippen molar-refractivity contribution in [3.05, 3.63) is 0 Å². The number of hydrogen-bond acceptors (Lipinski definition) is 4. The summed E-state index contributed by atoms with van der Waals surface area (Å²) in [5.41, 5.74) is -0.684. The Morgan fingerprint density at radius 3 is 2.35 bits per heavy atom. The molecule has 0 spiro atoms. The average molecular weight is 326 g/mol. The van der Waals surface area contributed by atoms with Crippen LogP contribution in [0.2, 0.25) is 0 Å². The molecule has 4 nitrogen and oxygen atoms in total. The van der Waals surface area contributed by atoms with Gasteiger partial charge in [0.2, 0.25) is 5.79 Å². The molecule has 0 aromatic carbocycles. The molecule has 23 heavy (non-hydrogen) atoms. The van der Waals surface area contributed by atoms with Gasteiger partial charge in [0.15, 0.2) is 0 Å². The molecule has 2 fully saturated rings. The maximum atomic E-state index is 13.0. The van der Waals surface area contributed by atoms with Crippen LogP contribution in [0.5, 0.6) is 0 Å². The Balaban J connectivity index is 2.25. The minimum Gasteiger partial charge on any atom is -0.465 e. The van der Waals surface area contributed by atoms with Gasteiger partial charge in [0.05, 0.1) is 6.61 Å². The molecule has 0 radical (unpaired) electrons. The molecular formula is C19H34O4. The summed E-state index contributed by atoms with van der Waals surface area (Å²) in [5, 5.41) is 0. The second-order valence-corrected chi connectivity index (χ2v) is 7.38. The van der Waals surface area contributed by atoms with Crippen molar-refractivity contribution < 1.29 is 19.3 Å². The Labute approximate surface area is 141 Å². The van der Waals surface area contributed by atoms with Gasteiger partial charge in [0.25, 0.3) is 0 Å². The lowest BCUT2D eigenvalue weighted by molar-refractivity contribution is -0.168. The number of rotatable bonds is 9. The third kappa shape index (κ3) is 3.74. The Morgan fingerprint density at radius 2 is 1.87 bits per heavy atom. The molecule has 1 saturated carbocycles. The highest BCUT2D eigenvalue weighted by atomic mass is 17.4. The maximum absolute atomic E-state index is 13.0. The van der Waals surface area contributed by atoms with Crippen LogP contribution in [0.3, 0.4) is 0 Å². The first-order valence-corrected chi connectivity index (χ1v) is 9.58. The number of carbonyl (C=O) groups excluding carboxylic acids is 1. The van der Waals surface area contributed by atoms with Crippen LogP contribution in [0, 0.1) is 17.3 Å². The van der Waals surface area contributed by atoms with E-state index in [1.165, 1.54) is 32.1 Å². The van der Waals surface area contributed by atoms with Gasteiger partial charge in [-0.15, -0.1) is 0 Å². The van der Waals surface area contributed by atoms with Crippen molar-refractivity contribution in [2.75, 3.05) is 6.61 Å². The molecule has 0 N–H and O–H groups in total. The highest BCUT2D eigenvalue weighted by molar-refractivity contribution is 5.79. The molecule has 134 valence electrons. The van der Waals surface area contributed by atoms with Gasteiger partial charge in [-0.3, -0.25) is 4.79 Å². The molecule has 1 saturated heterocycles. The molecule has 1 aliphatic heterocycles. The molecule has 2 atom stereocenters. The van der Waals surface area contributed by atoms with Gasteiger partial charge in [0, 0.05) is 0 Å². The second-order valence-electron chi connectivity index (χ2n) is 7.38. The van der Waals surface area contributed by atoms with Gasteiger partial charge in [-0.2, -0.15) is 9.78 Å². The van der Waals surface area contributed by atoms with E-state index in [1.54, 1.807) is 0 Å². The van der Waals surface area contributed by atoms with E-state index in [-0.39, 0.29) is 11.9 Å². The normalized spacial score (nSPS) is 24.7. The summed E-state index contributed by atoms with van der Waals surface area (Å²) < 4.78 is 5.48. The highest BCUT2D eigenvalue weighted by Gasteiger charge is 2.68. The van der Waals surface area contributed by atoms with Crippen molar-refractivity contribution in [3.63, 3.8) is 0 Å². The van der Waals surface area contributed by atoms with Crippen molar-refractivity contribution >= 4 is 5.97 Å². The standard InChI is InChI=1S/C19H34O4/c1-5-11-16(14-15-12-9-8-10-13-15)19(6-2,17(20)21-7-3)18(4)22-23-18/h15-16H,5-14H2,1-4H3. The number of ether oxygens (including phenoxy) is 1. The molecule has 2 rings (SSSR count). The van der Waals surface area contributed by atoms with Crippen molar-refractivity contribution in [3.8, 4) is 0 Å². The molecule has 0 aromatic heterocycles. The molecule has 2 aliphatic rings. The molecule has 1 heterocycles. The fraction of sp³-hybridized carbons (Fsp3) is 0.947. The minimum atomic E-state index is -0.817. The molecule has 0 amide bonds. The van der Waals surface area contributed by atoms with Gasteiger partial charge in [-0.05, 0) is 44.9 Å². The largest absolute Gasteiger partial charge is 0.465 e. The fourth-order valence-electron chi connectivity index (χ4n) is 4.69. The summed E-state index contributed by atoms with van der Waals surface area (Å²) in [4.78, 5) is 23.6. The lowest BCUT2D eigenvalue weighted by atomic mass is 9.63. The van der Waals surface area contributed by atoms with Gasteiger partial charge < -0.3 is 4.74 Å². The smallest absolute Gasteiger partial charge is 0.318 e. The summed E-state index contributed by atoms with van der Waals surface area (Å²) in [7, 11) is 0. The lowest BCUT2D eigenvalue weighted by Crippen LogP contribution is -2.50. The number of esters is 1. The van der Waals surface area contributed by atoms with E-state index in [1.807, 2.05) is 13.8 Å². The molecule has 4 heteroatoms. The van der Waals surface area contributed by atoms with E-state index < -0.39 is 11.2 Å². The van der Waals surface area contributed by atoms with Crippen LogP contribution in [0.1, 0.15) is 85.5 Å². The number of hydrogen-bond donors (Lipinski definition) is 0. The molecule has 2 unspecified atom stereocenters.